The zero-order chi connectivity index (χ0) is 33.5. The van der Waals surface area contributed by atoms with Gasteiger partial charge in [-0.3, -0.25) is 0 Å². The highest BCUT2D eigenvalue weighted by molar-refractivity contribution is 6.21. The first-order valence-corrected chi connectivity index (χ1v) is 17.4. The molecule has 238 valence electrons. The average Bonchev–Trinajstić information content (AvgIpc) is 3.86. The highest BCUT2D eigenvalue weighted by Crippen LogP contribution is 2.46. The molecule has 3 heteroatoms. The van der Waals surface area contributed by atoms with Gasteiger partial charge >= 0.3 is 0 Å². The molecule has 3 aromatic heterocycles. The fourth-order valence-electron chi connectivity index (χ4n) is 8.40. The molecule has 3 heterocycles. The predicted octanol–water partition coefficient (Wildman–Crippen LogP) is 13.1. The molecule has 11 aromatic rings. The van der Waals surface area contributed by atoms with Crippen LogP contribution in [0, 0.1) is 0 Å². The lowest BCUT2D eigenvalue weighted by Gasteiger charge is -2.15. The zero-order valence-corrected chi connectivity index (χ0v) is 27.6. The minimum absolute atomic E-state index is 0.877. The Balaban J connectivity index is 1.30. The van der Waals surface area contributed by atoms with Gasteiger partial charge in [0.25, 0.3) is 0 Å². The van der Waals surface area contributed by atoms with E-state index in [9.17, 15) is 0 Å². The van der Waals surface area contributed by atoms with Crippen LogP contribution in [0.3, 0.4) is 0 Å². The monoisotopic (exact) mass is 650 g/mol. The van der Waals surface area contributed by atoms with Gasteiger partial charge in [-0.25, -0.2) is 0 Å². The number of benzene rings is 8. The summed E-state index contributed by atoms with van der Waals surface area (Å²) in [6, 6.07) is 65.4. The molecule has 8 aromatic carbocycles. The molecule has 0 spiro atoms. The van der Waals surface area contributed by atoms with Crippen molar-refractivity contribution in [2.45, 2.75) is 0 Å². The van der Waals surface area contributed by atoms with Crippen molar-refractivity contribution in [3.8, 4) is 33.6 Å². The summed E-state index contributed by atoms with van der Waals surface area (Å²) in [6.07, 6.45) is 0. The van der Waals surface area contributed by atoms with Crippen LogP contribution in [-0.4, -0.2) is 9.13 Å². The summed E-state index contributed by atoms with van der Waals surface area (Å²) in [7, 11) is 0. The van der Waals surface area contributed by atoms with Crippen LogP contribution in [0.5, 0.6) is 0 Å². The zero-order valence-electron chi connectivity index (χ0n) is 27.6. The van der Waals surface area contributed by atoms with E-state index in [1.54, 1.807) is 0 Å². The normalized spacial score (nSPS) is 11.9. The molecule has 0 fully saturated rings. The predicted molar refractivity (Wildman–Crippen MR) is 213 cm³/mol. The Kier molecular flexibility index (Phi) is 5.96. The van der Waals surface area contributed by atoms with E-state index in [0.29, 0.717) is 0 Å². The molecule has 0 saturated carbocycles. The van der Waals surface area contributed by atoms with E-state index in [2.05, 4.69) is 191 Å². The van der Waals surface area contributed by atoms with Gasteiger partial charge in [-0.05, 0) is 65.7 Å². The van der Waals surface area contributed by atoms with Gasteiger partial charge < -0.3 is 13.6 Å². The van der Waals surface area contributed by atoms with Gasteiger partial charge in [0.2, 0.25) is 0 Å². The van der Waals surface area contributed by atoms with Crippen molar-refractivity contribution in [1.29, 1.82) is 0 Å². The topological polar surface area (TPSA) is 23.0 Å². The van der Waals surface area contributed by atoms with Crippen LogP contribution in [0.15, 0.2) is 186 Å². The van der Waals surface area contributed by atoms with Crippen LogP contribution < -0.4 is 0 Å². The standard InChI is InChI=1S/C48H30N2O/c1-3-15-32(16-4-1)49-42-26-10-7-19-35(42)37-23-13-22-34(47(37)49)31-29-41(46-40-21-9-12-28-44(40)51-45(46)30-31)39-25-14-24-38-36-20-8-11-27-43(36)50(48(38)39)33-17-5-2-6-18-33/h1-30H. The van der Waals surface area contributed by atoms with E-state index in [1.807, 2.05) is 0 Å². The van der Waals surface area contributed by atoms with Gasteiger partial charge in [-0.15, -0.1) is 0 Å². The fraction of sp³-hybridized carbons (Fsp3) is 0. The van der Waals surface area contributed by atoms with Crippen LogP contribution >= 0.6 is 0 Å². The molecule has 51 heavy (non-hydrogen) atoms. The largest absolute Gasteiger partial charge is 0.456 e. The number of aromatic nitrogens is 2. The van der Waals surface area contributed by atoms with Crippen molar-refractivity contribution in [3.05, 3.63) is 182 Å². The second kappa shape index (κ2) is 10.8. The Morgan fingerprint density at radius 2 is 0.824 bits per heavy atom. The first-order valence-electron chi connectivity index (χ1n) is 17.4. The van der Waals surface area contributed by atoms with Crippen molar-refractivity contribution < 1.29 is 4.42 Å². The minimum Gasteiger partial charge on any atom is -0.456 e. The fourth-order valence-corrected chi connectivity index (χ4v) is 8.40. The number of fused-ring (bicyclic) bond motifs is 9. The number of furan rings is 1. The molecule has 11 rings (SSSR count). The van der Waals surface area contributed by atoms with E-state index >= 15 is 0 Å². The Bertz CT molecular complexity index is 3130. The molecule has 3 nitrogen and oxygen atoms in total. The molecule has 0 atom stereocenters. The van der Waals surface area contributed by atoms with Gasteiger partial charge in [0.1, 0.15) is 11.2 Å². The number of para-hydroxylation sites is 7. The van der Waals surface area contributed by atoms with Crippen molar-refractivity contribution in [1.82, 2.24) is 9.13 Å². The van der Waals surface area contributed by atoms with Crippen molar-refractivity contribution >= 4 is 65.6 Å². The Morgan fingerprint density at radius 3 is 1.45 bits per heavy atom. The average molecular weight is 651 g/mol. The third kappa shape index (κ3) is 4.06. The van der Waals surface area contributed by atoms with Gasteiger partial charge in [0, 0.05) is 54.8 Å². The summed E-state index contributed by atoms with van der Waals surface area (Å²) in [4.78, 5) is 0. The second-order valence-electron chi connectivity index (χ2n) is 13.3. The quantitative estimate of drug-likeness (QED) is 0.186. The molecule has 0 unspecified atom stereocenters. The number of rotatable bonds is 4. The molecule has 0 saturated heterocycles. The molecule has 0 aliphatic heterocycles. The summed E-state index contributed by atoms with van der Waals surface area (Å²) in [5, 5.41) is 7.17. The van der Waals surface area contributed by atoms with Gasteiger partial charge in [0.15, 0.2) is 0 Å². The molecule has 0 bridgehead atoms. The van der Waals surface area contributed by atoms with Crippen LogP contribution in [0.1, 0.15) is 0 Å². The number of hydrogen-bond donors (Lipinski definition) is 0. The van der Waals surface area contributed by atoms with Gasteiger partial charge in [-0.1, -0.05) is 127 Å². The number of nitrogens with zero attached hydrogens (tertiary/aromatic N) is 2. The number of hydrogen-bond acceptors (Lipinski definition) is 1. The summed E-state index contributed by atoms with van der Waals surface area (Å²) in [5.41, 5.74) is 13.4. The maximum absolute atomic E-state index is 6.73. The Hall–Kier alpha value is -6.84. The lowest BCUT2D eigenvalue weighted by molar-refractivity contribution is 0.669. The highest BCUT2D eigenvalue weighted by Gasteiger charge is 2.23. The molecular formula is C48H30N2O. The lowest BCUT2D eigenvalue weighted by atomic mass is 9.92. The van der Waals surface area contributed by atoms with E-state index < -0.39 is 0 Å². The SMILES string of the molecule is c1ccc(-n2c3ccccc3c3cccc(-c4cc(-c5cccc6c7ccccc7n(-c7ccccc7)c56)c5c(c4)oc4ccccc45)c32)cc1. The summed E-state index contributed by atoms with van der Waals surface area (Å²) in [6.45, 7) is 0. The van der Waals surface area contributed by atoms with E-state index in [4.69, 9.17) is 4.42 Å². The highest BCUT2D eigenvalue weighted by atomic mass is 16.3. The summed E-state index contributed by atoms with van der Waals surface area (Å²) < 4.78 is 11.6. The van der Waals surface area contributed by atoms with Crippen LogP contribution in [0.4, 0.5) is 0 Å². The first-order chi connectivity index (χ1) is 25.3. The molecule has 0 N–H and O–H groups in total. The van der Waals surface area contributed by atoms with E-state index in [-0.39, 0.29) is 0 Å². The van der Waals surface area contributed by atoms with Gasteiger partial charge in [0.05, 0.1) is 22.1 Å². The molecule has 0 aliphatic rings. The minimum atomic E-state index is 0.877. The van der Waals surface area contributed by atoms with Gasteiger partial charge in [-0.2, -0.15) is 0 Å². The maximum Gasteiger partial charge on any atom is 0.136 e. The summed E-state index contributed by atoms with van der Waals surface area (Å²) in [5.74, 6) is 0. The first kappa shape index (κ1) is 28.0. The van der Waals surface area contributed by atoms with Crippen LogP contribution in [0.25, 0.3) is 99.2 Å². The third-order valence-electron chi connectivity index (χ3n) is 10.5. The second-order valence-corrected chi connectivity index (χ2v) is 13.3. The summed E-state index contributed by atoms with van der Waals surface area (Å²) >= 11 is 0. The molecule has 0 aliphatic carbocycles. The molecular weight excluding hydrogens is 621 g/mol. The third-order valence-corrected chi connectivity index (χ3v) is 10.5. The molecule has 0 radical (unpaired) electrons. The van der Waals surface area contributed by atoms with E-state index in [1.165, 1.54) is 49.2 Å². The maximum atomic E-state index is 6.73. The van der Waals surface area contributed by atoms with Crippen LogP contribution in [0.2, 0.25) is 0 Å². The Morgan fingerprint density at radius 1 is 0.333 bits per heavy atom. The van der Waals surface area contributed by atoms with Crippen molar-refractivity contribution in [3.63, 3.8) is 0 Å². The lowest BCUT2D eigenvalue weighted by Crippen LogP contribution is -1.96. The smallest absolute Gasteiger partial charge is 0.136 e. The Labute approximate surface area is 293 Å². The molecule has 0 amide bonds. The van der Waals surface area contributed by atoms with Crippen molar-refractivity contribution in [2.24, 2.45) is 0 Å². The van der Waals surface area contributed by atoms with Crippen molar-refractivity contribution in [2.75, 3.05) is 0 Å². The van der Waals surface area contributed by atoms with Crippen LogP contribution in [-0.2, 0) is 0 Å². The van der Waals surface area contributed by atoms with E-state index in [0.717, 1.165) is 50.0 Å².